The molecule has 5 heteroatoms. The maximum absolute atomic E-state index is 12.2. The van der Waals surface area contributed by atoms with Crippen LogP contribution >= 0.6 is 15.9 Å². The summed E-state index contributed by atoms with van der Waals surface area (Å²) in [6.45, 7) is 2.78. The lowest BCUT2D eigenvalue weighted by Crippen LogP contribution is -2.38. The number of halogens is 1. The highest BCUT2D eigenvalue weighted by Gasteiger charge is 2.20. The van der Waals surface area contributed by atoms with Gasteiger partial charge in [0.1, 0.15) is 0 Å². The van der Waals surface area contributed by atoms with Gasteiger partial charge in [-0.2, -0.15) is 0 Å². The summed E-state index contributed by atoms with van der Waals surface area (Å²) in [5.41, 5.74) is 1.89. The molecule has 1 fully saturated rings. The number of amides is 1. The fourth-order valence-corrected chi connectivity index (χ4v) is 3.30. The molecule has 0 spiro atoms. The third-order valence-corrected chi connectivity index (χ3v) is 4.76. The molecule has 1 amide bonds. The van der Waals surface area contributed by atoms with Crippen molar-refractivity contribution in [1.29, 1.82) is 0 Å². The first kappa shape index (κ1) is 16.0. The van der Waals surface area contributed by atoms with Crippen LogP contribution in [0.25, 0.3) is 0 Å². The molecule has 0 saturated carbocycles. The van der Waals surface area contributed by atoms with Crippen molar-refractivity contribution < 1.29 is 4.79 Å². The normalized spacial score (nSPS) is 15.4. The van der Waals surface area contributed by atoms with Crippen LogP contribution in [0.4, 0.5) is 5.69 Å². The first-order valence-electron chi connectivity index (χ1n) is 7.91. The van der Waals surface area contributed by atoms with Gasteiger partial charge in [0.05, 0.1) is 11.9 Å². The van der Waals surface area contributed by atoms with Gasteiger partial charge in [0.15, 0.2) is 0 Å². The number of nitrogens with zero attached hydrogens (tertiary/aromatic N) is 2. The summed E-state index contributed by atoms with van der Waals surface area (Å²) in [5.74, 6) is 0.542. The van der Waals surface area contributed by atoms with Crippen LogP contribution in [0, 0.1) is 5.92 Å². The van der Waals surface area contributed by atoms with Gasteiger partial charge in [0, 0.05) is 35.9 Å². The molecule has 120 valence electrons. The zero-order valence-corrected chi connectivity index (χ0v) is 14.5. The van der Waals surface area contributed by atoms with Crippen LogP contribution in [-0.2, 0) is 0 Å². The van der Waals surface area contributed by atoms with E-state index in [0.29, 0.717) is 11.5 Å². The number of benzene rings is 1. The summed E-state index contributed by atoms with van der Waals surface area (Å²) in [6.07, 6.45) is 5.89. The van der Waals surface area contributed by atoms with Crippen LogP contribution in [-0.4, -0.2) is 30.5 Å². The zero-order valence-electron chi connectivity index (χ0n) is 12.9. The highest BCUT2D eigenvalue weighted by Crippen LogP contribution is 2.22. The summed E-state index contributed by atoms with van der Waals surface area (Å²) >= 11 is 3.40. The van der Waals surface area contributed by atoms with Gasteiger partial charge in [0.25, 0.3) is 5.91 Å². The van der Waals surface area contributed by atoms with Crippen molar-refractivity contribution in [3.63, 3.8) is 0 Å². The molecule has 1 aromatic carbocycles. The largest absolute Gasteiger partial charge is 0.370 e. The predicted octanol–water partition coefficient (Wildman–Crippen LogP) is 3.49. The Morgan fingerprint density at radius 3 is 2.78 bits per heavy atom. The molecule has 0 radical (unpaired) electrons. The van der Waals surface area contributed by atoms with E-state index >= 15 is 0 Å². The van der Waals surface area contributed by atoms with Crippen molar-refractivity contribution in [3.05, 3.63) is 58.8 Å². The minimum absolute atomic E-state index is 0.000916. The van der Waals surface area contributed by atoms with Gasteiger partial charge in [-0.05, 0) is 49.1 Å². The fourth-order valence-electron chi connectivity index (χ4n) is 2.90. The van der Waals surface area contributed by atoms with E-state index < -0.39 is 0 Å². The number of pyridine rings is 1. The molecule has 0 unspecified atom stereocenters. The number of aromatic nitrogens is 1. The number of anilines is 1. The van der Waals surface area contributed by atoms with E-state index in [4.69, 9.17) is 0 Å². The Balaban J connectivity index is 1.47. The minimum Gasteiger partial charge on any atom is -0.370 e. The first-order chi connectivity index (χ1) is 11.2. The molecule has 23 heavy (non-hydrogen) atoms. The Morgan fingerprint density at radius 2 is 2.09 bits per heavy atom. The van der Waals surface area contributed by atoms with E-state index in [1.165, 1.54) is 5.69 Å². The molecular formula is C18H20BrN3O. The number of piperidine rings is 1. The van der Waals surface area contributed by atoms with E-state index in [-0.39, 0.29) is 5.91 Å². The van der Waals surface area contributed by atoms with Crippen molar-refractivity contribution in [3.8, 4) is 0 Å². The third-order valence-electron chi connectivity index (χ3n) is 4.26. The van der Waals surface area contributed by atoms with Crippen molar-refractivity contribution in [1.82, 2.24) is 10.3 Å². The van der Waals surface area contributed by atoms with Crippen molar-refractivity contribution in [2.45, 2.75) is 12.8 Å². The maximum atomic E-state index is 12.2. The minimum atomic E-state index is 0.000916. The molecule has 1 aromatic heterocycles. The lowest BCUT2D eigenvalue weighted by atomic mass is 9.96. The number of hydrogen-bond acceptors (Lipinski definition) is 3. The van der Waals surface area contributed by atoms with Gasteiger partial charge >= 0.3 is 0 Å². The molecule has 0 atom stereocenters. The number of nitrogens with one attached hydrogen (secondary N) is 1. The highest BCUT2D eigenvalue weighted by atomic mass is 79.9. The van der Waals surface area contributed by atoms with E-state index in [1.807, 2.05) is 36.5 Å². The standard InChI is InChI=1S/C18H20BrN3O/c19-16-4-1-3-15(11-16)18(23)21-12-14-6-9-22(10-7-14)17-5-2-8-20-13-17/h1-5,8,11,13-14H,6-7,9-10,12H2,(H,21,23). The second-order valence-corrected chi connectivity index (χ2v) is 6.78. The topological polar surface area (TPSA) is 45.2 Å². The van der Waals surface area contributed by atoms with Crippen molar-refractivity contribution in [2.75, 3.05) is 24.5 Å². The summed E-state index contributed by atoms with van der Waals surface area (Å²) in [4.78, 5) is 18.7. The lowest BCUT2D eigenvalue weighted by Gasteiger charge is -2.33. The molecule has 1 N–H and O–H groups in total. The first-order valence-corrected chi connectivity index (χ1v) is 8.70. The predicted molar refractivity (Wildman–Crippen MR) is 95.6 cm³/mol. The van der Waals surface area contributed by atoms with Gasteiger partial charge in [-0.15, -0.1) is 0 Å². The van der Waals surface area contributed by atoms with Crippen LogP contribution < -0.4 is 10.2 Å². The molecule has 1 saturated heterocycles. The summed E-state index contributed by atoms with van der Waals surface area (Å²) in [6, 6.07) is 11.6. The van der Waals surface area contributed by atoms with Crippen molar-refractivity contribution >= 4 is 27.5 Å². The van der Waals surface area contributed by atoms with E-state index in [0.717, 1.165) is 36.9 Å². The summed E-state index contributed by atoms with van der Waals surface area (Å²) in [7, 11) is 0. The van der Waals surface area contributed by atoms with Crippen molar-refractivity contribution in [2.24, 2.45) is 5.92 Å². The Kier molecular flexibility index (Phi) is 5.28. The van der Waals surface area contributed by atoms with Gasteiger partial charge in [-0.3, -0.25) is 9.78 Å². The number of carbonyl (C=O) groups is 1. The van der Waals surface area contributed by atoms with Gasteiger partial charge < -0.3 is 10.2 Å². The third kappa shape index (κ3) is 4.32. The lowest BCUT2D eigenvalue weighted by molar-refractivity contribution is 0.0945. The second-order valence-electron chi connectivity index (χ2n) is 5.86. The second kappa shape index (κ2) is 7.59. The molecule has 2 aromatic rings. The van der Waals surface area contributed by atoms with Crippen LogP contribution in [0.5, 0.6) is 0 Å². The number of hydrogen-bond donors (Lipinski definition) is 1. The van der Waals surface area contributed by atoms with Crippen LogP contribution in [0.3, 0.4) is 0 Å². The van der Waals surface area contributed by atoms with E-state index in [2.05, 4.69) is 37.2 Å². The zero-order chi connectivity index (χ0) is 16.1. The Hall–Kier alpha value is -1.88. The Labute approximate surface area is 145 Å². The average molecular weight is 374 g/mol. The molecule has 2 heterocycles. The molecule has 0 bridgehead atoms. The van der Waals surface area contributed by atoms with Crippen LogP contribution in [0.1, 0.15) is 23.2 Å². The Bertz CT molecular complexity index is 654. The fraction of sp³-hybridized carbons (Fsp3) is 0.333. The van der Waals surface area contributed by atoms with Gasteiger partial charge in [-0.25, -0.2) is 0 Å². The number of rotatable bonds is 4. The quantitative estimate of drug-likeness (QED) is 0.891. The highest BCUT2D eigenvalue weighted by molar-refractivity contribution is 9.10. The molecular weight excluding hydrogens is 354 g/mol. The van der Waals surface area contributed by atoms with Gasteiger partial charge in [-0.1, -0.05) is 22.0 Å². The smallest absolute Gasteiger partial charge is 0.251 e. The van der Waals surface area contributed by atoms with Crippen LogP contribution in [0.2, 0.25) is 0 Å². The SMILES string of the molecule is O=C(NCC1CCN(c2cccnc2)CC1)c1cccc(Br)c1. The molecule has 4 nitrogen and oxygen atoms in total. The van der Waals surface area contributed by atoms with Gasteiger partial charge in [0.2, 0.25) is 0 Å². The molecule has 0 aliphatic carbocycles. The van der Waals surface area contributed by atoms with E-state index in [9.17, 15) is 4.79 Å². The summed E-state index contributed by atoms with van der Waals surface area (Å²) < 4.78 is 0.926. The van der Waals surface area contributed by atoms with E-state index in [1.54, 1.807) is 6.20 Å². The maximum Gasteiger partial charge on any atom is 0.251 e. The summed E-state index contributed by atoms with van der Waals surface area (Å²) in [5, 5.41) is 3.06. The molecule has 1 aliphatic heterocycles. The monoisotopic (exact) mass is 373 g/mol. The average Bonchev–Trinajstić information content (AvgIpc) is 2.61. The Morgan fingerprint density at radius 1 is 1.26 bits per heavy atom. The van der Waals surface area contributed by atoms with Crippen LogP contribution in [0.15, 0.2) is 53.3 Å². The molecule has 3 rings (SSSR count). The number of carbonyl (C=O) groups excluding carboxylic acids is 1. The molecule has 1 aliphatic rings.